The molecule has 5 nitrogen and oxygen atoms in total. The lowest BCUT2D eigenvalue weighted by atomic mass is 10.1. The SMILES string of the molecule is O=C(NC(=O)c1ccccc1Cl)Nc1ccc(-c2ccccc2)cn1. The van der Waals surface area contributed by atoms with Gasteiger partial charge in [-0.2, -0.15) is 0 Å². The Bertz CT molecular complexity index is 896. The van der Waals surface area contributed by atoms with Gasteiger partial charge in [0.1, 0.15) is 5.82 Å². The van der Waals surface area contributed by atoms with E-state index < -0.39 is 11.9 Å². The second-order valence-electron chi connectivity index (χ2n) is 5.19. The molecule has 0 aliphatic heterocycles. The highest BCUT2D eigenvalue weighted by Gasteiger charge is 2.13. The molecule has 0 atom stereocenters. The maximum absolute atomic E-state index is 12.0. The maximum Gasteiger partial charge on any atom is 0.327 e. The van der Waals surface area contributed by atoms with Crippen LogP contribution in [0, 0.1) is 0 Å². The number of benzene rings is 2. The second kappa shape index (κ2) is 7.59. The Labute approximate surface area is 149 Å². The molecule has 0 aliphatic rings. The van der Waals surface area contributed by atoms with Crippen molar-refractivity contribution >= 4 is 29.4 Å². The predicted molar refractivity (Wildman–Crippen MR) is 97.6 cm³/mol. The number of halogens is 1. The van der Waals surface area contributed by atoms with Gasteiger partial charge in [-0.15, -0.1) is 0 Å². The lowest BCUT2D eigenvalue weighted by molar-refractivity contribution is 0.0967. The molecule has 3 rings (SSSR count). The van der Waals surface area contributed by atoms with E-state index in [4.69, 9.17) is 11.6 Å². The first-order valence-corrected chi connectivity index (χ1v) is 7.89. The number of carbonyl (C=O) groups excluding carboxylic acids is 2. The number of urea groups is 1. The molecule has 124 valence electrons. The highest BCUT2D eigenvalue weighted by Crippen LogP contribution is 2.19. The van der Waals surface area contributed by atoms with Crippen molar-refractivity contribution in [3.63, 3.8) is 0 Å². The zero-order chi connectivity index (χ0) is 17.6. The zero-order valence-corrected chi connectivity index (χ0v) is 13.8. The average Bonchev–Trinajstić information content (AvgIpc) is 2.63. The summed E-state index contributed by atoms with van der Waals surface area (Å²) in [5.74, 6) is -0.242. The smallest absolute Gasteiger partial charge is 0.292 e. The monoisotopic (exact) mass is 351 g/mol. The molecule has 0 aliphatic carbocycles. The van der Waals surface area contributed by atoms with Gasteiger partial charge in [0.25, 0.3) is 5.91 Å². The number of nitrogens with zero attached hydrogens (tertiary/aromatic N) is 1. The summed E-state index contributed by atoms with van der Waals surface area (Å²) in [5.41, 5.74) is 2.19. The summed E-state index contributed by atoms with van der Waals surface area (Å²) in [6, 6.07) is 19.1. The first-order chi connectivity index (χ1) is 12.1. The van der Waals surface area contributed by atoms with Crippen molar-refractivity contribution in [3.8, 4) is 11.1 Å². The lowest BCUT2D eigenvalue weighted by Crippen LogP contribution is -2.34. The maximum atomic E-state index is 12.0. The highest BCUT2D eigenvalue weighted by molar-refractivity contribution is 6.34. The standard InChI is InChI=1S/C19H14ClN3O2/c20-16-9-5-4-8-15(16)18(24)23-19(25)22-17-11-10-14(12-21-17)13-6-2-1-3-7-13/h1-12H,(H2,21,22,23,24,25). The Balaban J connectivity index is 1.63. The number of pyridine rings is 1. The van der Waals surface area contributed by atoms with E-state index in [1.165, 1.54) is 6.07 Å². The van der Waals surface area contributed by atoms with Crippen LogP contribution in [0.3, 0.4) is 0 Å². The molecule has 0 saturated heterocycles. The van der Waals surface area contributed by atoms with Crippen molar-refractivity contribution in [3.05, 3.63) is 83.5 Å². The summed E-state index contributed by atoms with van der Waals surface area (Å²) in [6.45, 7) is 0. The normalized spacial score (nSPS) is 10.1. The number of hydrogen-bond donors (Lipinski definition) is 2. The van der Waals surface area contributed by atoms with Crippen molar-refractivity contribution < 1.29 is 9.59 Å². The van der Waals surface area contributed by atoms with Crippen LogP contribution in [0.15, 0.2) is 72.9 Å². The highest BCUT2D eigenvalue weighted by atomic mass is 35.5. The topological polar surface area (TPSA) is 71.1 Å². The van der Waals surface area contributed by atoms with E-state index in [-0.39, 0.29) is 10.6 Å². The fourth-order valence-corrected chi connectivity index (χ4v) is 2.45. The first-order valence-electron chi connectivity index (χ1n) is 7.52. The van der Waals surface area contributed by atoms with Crippen LogP contribution in [0.25, 0.3) is 11.1 Å². The van der Waals surface area contributed by atoms with Gasteiger partial charge in [-0.1, -0.05) is 54.1 Å². The molecule has 6 heteroatoms. The molecule has 2 N–H and O–H groups in total. The molecule has 0 fully saturated rings. The molecule has 0 spiro atoms. The summed E-state index contributed by atoms with van der Waals surface area (Å²) in [4.78, 5) is 28.1. The van der Waals surface area contributed by atoms with Crippen molar-refractivity contribution in [1.82, 2.24) is 10.3 Å². The molecule has 2 aromatic carbocycles. The molecule has 1 aromatic heterocycles. The number of hydrogen-bond acceptors (Lipinski definition) is 3. The summed E-state index contributed by atoms with van der Waals surface area (Å²) >= 11 is 5.93. The summed E-state index contributed by atoms with van der Waals surface area (Å²) in [5, 5.41) is 5.01. The summed E-state index contributed by atoms with van der Waals surface area (Å²) < 4.78 is 0. The van der Waals surface area contributed by atoms with Crippen molar-refractivity contribution in [1.29, 1.82) is 0 Å². The van der Waals surface area contributed by atoms with Gasteiger partial charge in [0.05, 0.1) is 10.6 Å². The third-order valence-electron chi connectivity index (χ3n) is 3.46. The third kappa shape index (κ3) is 4.22. The Kier molecular flexibility index (Phi) is 5.06. The van der Waals surface area contributed by atoms with Gasteiger partial charge in [0.15, 0.2) is 0 Å². The van der Waals surface area contributed by atoms with E-state index in [1.54, 1.807) is 30.5 Å². The molecule has 3 aromatic rings. The summed E-state index contributed by atoms with van der Waals surface area (Å²) in [7, 11) is 0. The van der Waals surface area contributed by atoms with Crippen LogP contribution in [-0.4, -0.2) is 16.9 Å². The number of rotatable bonds is 3. The molecule has 0 bridgehead atoms. The number of nitrogens with one attached hydrogen (secondary N) is 2. The second-order valence-corrected chi connectivity index (χ2v) is 5.59. The van der Waals surface area contributed by atoms with E-state index in [1.807, 2.05) is 36.4 Å². The first kappa shape index (κ1) is 16.7. The van der Waals surface area contributed by atoms with Crippen LogP contribution in [0.4, 0.5) is 10.6 Å². The Morgan fingerprint density at radius 1 is 0.840 bits per heavy atom. The molecular formula is C19H14ClN3O2. The van der Waals surface area contributed by atoms with Crippen LogP contribution in [0.2, 0.25) is 5.02 Å². The number of carbonyl (C=O) groups is 2. The molecular weight excluding hydrogens is 338 g/mol. The molecule has 0 saturated carbocycles. The lowest BCUT2D eigenvalue weighted by Gasteiger charge is -2.08. The predicted octanol–water partition coefficient (Wildman–Crippen LogP) is 4.36. The van der Waals surface area contributed by atoms with Crippen molar-refractivity contribution in [2.45, 2.75) is 0 Å². The largest absolute Gasteiger partial charge is 0.327 e. The van der Waals surface area contributed by atoms with E-state index >= 15 is 0 Å². The molecule has 3 amide bonds. The third-order valence-corrected chi connectivity index (χ3v) is 3.79. The van der Waals surface area contributed by atoms with E-state index in [0.717, 1.165) is 11.1 Å². The van der Waals surface area contributed by atoms with Crippen molar-refractivity contribution in [2.75, 3.05) is 5.32 Å². The minimum Gasteiger partial charge on any atom is -0.292 e. The minimum atomic E-state index is -0.676. The van der Waals surface area contributed by atoms with Crippen LogP contribution in [-0.2, 0) is 0 Å². The fraction of sp³-hybridized carbons (Fsp3) is 0. The van der Waals surface area contributed by atoms with E-state index in [2.05, 4.69) is 15.6 Å². The molecule has 25 heavy (non-hydrogen) atoms. The average molecular weight is 352 g/mol. The van der Waals surface area contributed by atoms with Crippen LogP contribution in [0.1, 0.15) is 10.4 Å². The molecule has 0 radical (unpaired) electrons. The van der Waals surface area contributed by atoms with Crippen LogP contribution < -0.4 is 10.6 Å². The Morgan fingerprint density at radius 2 is 1.56 bits per heavy atom. The van der Waals surface area contributed by atoms with Gasteiger partial charge in [0, 0.05) is 11.8 Å². The summed E-state index contributed by atoms with van der Waals surface area (Å²) in [6.07, 6.45) is 1.65. The number of amides is 3. The Hall–Kier alpha value is -3.18. The van der Waals surface area contributed by atoms with Crippen LogP contribution >= 0.6 is 11.6 Å². The molecule has 0 unspecified atom stereocenters. The minimum absolute atomic E-state index is 0.228. The zero-order valence-electron chi connectivity index (χ0n) is 13.1. The van der Waals surface area contributed by atoms with E-state index in [9.17, 15) is 9.59 Å². The number of anilines is 1. The fourth-order valence-electron chi connectivity index (χ4n) is 2.23. The number of imide groups is 1. The van der Waals surface area contributed by atoms with Gasteiger partial charge in [-0.3, -0.25) is 15.4 Å². The Morgan fingerprint density at radius 3 is 2.24 bits per heavy atom. The van der Waals surface area contributed by atoms with Gasteiger partial charge < -0.3 is 0 Å². The molecule has 1 heterocycles. The van der Waals surface area contributed by atoms with Gasteiger partial charge in [-0.05, 0) is 29.8 Å². The van der Waals surface area contributed by atoms with Gasteiger partial charge in [-0.25, -0.2) is 9.78 Å². The quantitative estimate of drug-likeness (QED) is 0.736. The van der Waals surface area contributed by atoms with Crippen molar-refractivity contribution in [2.24, 2.45) is 0 Å². The number of aromatic nitrogens is 1. The van der Waals surface area contributed by atoms with Gasteiger partial charge in [0.2, 0.25) is 0 Å². The van der Waals surface area contributed by atoms with Gasteiger partial charge >= 0.3 is 6.03 Å². The van der Waals surface area contributed by atoms with E-state index in [0.29, 0.717) is 5.82 Å². The van der Waals surface area contributed by atoms with Crippen LogP contribution in [0.5, 0.6) is 0 Å².